The zero-order chi connectivity index (χ0) is 8.55. The first-order valence-corrected chi connectivity index (χ1v) is 4.60. The molecule has 1 unspecified atom stereocenters. The average Bonchev–Trinajstić information content (AvgIpc) is 2.60. The molecule has 1 aromatic rings. The van der Waals surface area contributed by atoms with Crippen LogP contribution in [0, 0.1) is 0 Å². The van der Waals surface area contributed by atoms with Gasteiger partial charge in [0.2, 0.25) is 0 Å². The van der Waals surface area contributed by atoms with E-state index in [1.807, 2.05) is 11.4 Å². The third-order valence-corrected chi connectivity index (χ3v) is 2.85. The van der Waals surface area contributed by atoms with Gasteiger partial charge in [-0.2, -0.15) is 0 Å². The number of methoxy groups -OCH3 is 1. The number of hydrogen-bond acceptors (Lipinski definition) is 4. The molecule has 0 saturated heterocycles. The molecular formula is C8H9NO2S. The fourth-order valence-corrected chi connectivity index (χ4v) is 2.22. The van der Waals surface area contributed by atoms with E-state index < -0.39 is 0 Å². The SMILES string of the molecule is COC(=O)C1Cc2ccsc2N1. The molecule has 0 aliphatic carbocycles. The second-order valence-electron chi connectivity index (χ2n) is 2.70. The van der Waals surface area contributed by atoms with Crippen LogP contribution in [0.1, 0.15) is 5.56 Å². The van der Waals surface area contributed by atoms with Gasteiger partial charge in [0.1, 0.15) is 6.04 Å². The summed E-state index contributed by atoms with van der Waals surface area (Å²) in [6.07, 6.45) is 0.755. The minimum Gasteiger partial charge on any atom is -0.467 e. The number of ether oxygens (including phenoxy) is 1. The van der Waals surface area contributed by atoms with Gasteiger partial charge in [-0.25, -0.2) is 4.79 Å². The van der Waals surface area contributed by atoms with E-state index in [2.05, 4.69) is 10.1 Å². The predicted molar refractivity (Wildman–Crippen MR) is 47.4 cm³/mol. The first-order chi connectivity index (χ1) is 5.81. The molecule has 64 valence electrons. The molecule has 2 rings (SSSR count). The van der Waals surface area contributed by atoms with Crippen molar-refractivity contribution in [3.8, 4) is 0 Å². The van der Waals surface area contributed by atoms with Crippen LogP contribution in [-0.2, 0) is 16.0 Å². The lowest BCUT2D eigenvalue weighted by atomic mass is 10.2. The number of carbonyl (C=O) groups is 1. The van der Waals surface area contributed by atoms with Crippen LogP contribution >= 0.6 is 11.3 Å². The van der Waals surface area contributed by atoms with Crippen molar-refractivity contribution in [1.82, 2.24) is 0 Å². The summed E-state index contributed by atoms with van der Waals surface area (Å²) in [5.74, 6) is -0.182. The number of carbonyl (C=O) groups excluding carboxylic acids is 1. The maximum Gasteiger partial charge on any atom is 0.328 e. The number of fused-ring (bicyclic) bond motifs is 1. The molecule has 1 N–H and O–H groups in total. The number of hydrogen-bond donors (Lipinski definition) is 1. The fourth-order valence-electron chi connectivity index (χ4n) is 1.34. The summed E-state index contributed by atoms with van der Waals surface area (Å²) < 4.78 is 4.64. The number of esters is 1. The van der Waals surface area contributed by atoms with Crippen molar-refractivity contribution < 1.29 is 9.53 Å². The lowest BCUT2D eigenvalue weighted by Crippen LogP contribution is -2.27. The van der Waals surface area contributed by atoms with Crippen LogP contribution in [0.5, 0.6) is 0 Å². The topological polar surface area (TPSA) is 38.3 Å². The summed E-state index contributed by atoms with van der Waals surface area (Å²) in [7, 11) is 1.41. The Labute approximate surface area is 74.4 Å². The average molecular weight is 183 g/mol. The highest BCUT2D eigenvalue weighted by Gasteiger charge is 2.27. The summed E-state index contributed by atoms with van der Waals surface area (Å²) in [5.41, 5.74) is 1.22. The monoisotopic (exact) mass is 183 g/mol. The van der Waals surface area contributed by atoms with Gasteiger partial charge in [0.05, 0.1) is 12.1 Å². The Kier molecular flexibility index (Phi) is 1.77. The van der Waals surface area contributed by atoms with Crippen LogP contribution in [-0.4, -0.2) is 19.1 Å². The molecular weight excluding hydrogens is 174 g/mol. The van der Waals surface area contributed by atoms with Crippen molar-refractivity contribution in [3.63, 3.8) is 0 Å². The normalized spacial score (nSPS) is 19.9. The maximum absolute atomic E-state index is 11.1. The zero-order valence-corrected chi connectivity index (χ0v) is 7.48. The third-order valence-electron chi connectivity index (χ3n) is 1.96. The highest BCUT2D eigenvalue weighted by atomic mass is 32.1. The van der Waals surface area contributed by atoms with Gasteiger partial charge in [0.25, 0.3) is 0 Å². The number of anilines is 1. The molecule has 12 heavy (non-hydrogen) atoms. The minimum atomic E-state index is -0.182. The lowest BCUT2D eigenvalue weighted by molar-refractivity contribution is -0.141. The molecule has 1 aromatic heterocycles. The van der Waals surface area contributed by atoms with E-state index in [9.17, 15) is 4.79 Å². The van der Waals surface area contributed by atoms with E-state index in [1.54, 1.807) is 11.3 Å². The molecule has 0 saturated carbocycles. The van der Waals surface area contributed by atoms with Crippen molar-refractivity contribution in [2.24, 2.45) is 0 Å². The second-order valence-corrected chi connectivity index (χ2v) is 3.62. The molecule has 1 aliphatic heterocycles. The largest absolute Gasteiger partial charge is 0.467 e. The molecule has 0 fully saturated rings. The predicted octanol–water partition coefficient (Wildman–Crippen LogP) is 1.26. The van der Waals surface area contributed by atoms with E-state index in [4.69, 9.17) is 0 Å². The van der Waals surface area contributed by atoms with Gasteiger partial charge in [0.15, 0.2) is 0 Å². The Morgan fingerprint density at radius 1 is 1.83 bits per heavy atom. The van der Waals surface area contributed by atoms with Crippen LogP contribution in [0.15, 0.2) is 11.4 Å². The van der Waals surface area contributed by atoms with Crippen molar-refractivity contribution in [2.75, 3.05) is 12.4 Å². The highest BCUT2D eigenvalue weighted by molar-refractivity contribution is 7.14. The highest BCUT2D eigenvalue weighted by Crippen LogP contribution is 2.31. The molecule has 1 aliphatic rings. The van der Waals surface area contributed by atoms with E-state index >= 15 is 0 Å². The van der Waals surface area contributed by atoms with Crippen LogP contribution in [0.3, 0.4) is 0 Å². The molecule has 0 bridgehead atoms. The Bertz CT molecular complexity index is 287. The van der Waals surface area contributed by atoms with Crippen molar-refractivity contribution in [3.05, 3.63) is 17.0 Å². The van der Waals surface area contributed by atoms with Crippen molar-refractivity contribution in [2.45, 2.75) is 12.5 Å². The minimum absolute atomic E-state index is 0.169. The van der Waals surface area contributed by atoms with Crippen molar-refractivity contribution >= 4 is 22.3 Å². The van der Waals surface area contributed by atoms with Gasteiger partial charge < -0.3 is 10.1 Å². The molecule has 0 amide bonds. The lowest BCUT2D eigenvalue weighted by Gasteiger charge is -2.07. The van der Waals surface area contributed by atoms with Gasteiger partial charge in [-0.15, -0.1) is 11.3 Å². The summed E-state index contributed by atoms with van der Waals surface area (Å²) >= 11 is 1.62. The fraction of sp³-hybridized carbons (Fsp3) is 0.375. The molecule has 3 nitrogen and oxygen atoms in total. The number of thiophene rings is 1. The third kappa shape index (κ3) is 1.08. The van der Waals surface area contributed by atoms with Crippen LogP contribution < -0.4 is 5.32 Å². The maximum atomic E-state index is 11.1. The molecule has 0 aromatic carbocycles. The van der Waals surface area contributed by atoms with Crippen molar-refractivity contribution in [1.29, 1.82) is 0 Å². The van der Waals surface area contributed by atoms with E-state index in [0.29, 0.717) is 0 Å². The van der Waals surface area contributed by atoms with Crippen LogP contribution in [0.2, 0.25) is 0 Å². The Morgan fingerprint density at radius 3 is 3.33 bits per heavy atom. The smallest absolute Gasteiger partial charge is 0.328 e. The quantitative estimate of drug-likeness (QED) is 0.666. The molecule has 1 atom stereocenters. The first kappa shape index (κ1) is 7.61. The number of nitrogens with one attached hydrogen (secondary N) is 1. The number of rotatable bonds is 1. The summed E-state index contributed by atoms with van der Waals surface area (Å²) in [5, 5.41) is 6.23. The molecule has 0 radical (unpaired) electrons. The van der Waals surface area contributed by atoms with E-state index in [0.717, 1.165) is 11.4 Å². The van der Waals surface area contributed by atoms with Gasteiger partial charge in [0, 0.05) is 6.42 Å². The molecule has 2 heterocycles. The van der Waals surface area contributed by atoms with Gasteiger partial charge in [-0.05, 0) is 17.0 Å². The van der Waals surface area contributed by atoms with Gasteiger partial charge in [-0.3, -0.25) is 0 Å². The molecule has 4 heteroatoms. The Hall–Kier alpha value is -1.03. The van der Waals surface area contributed by atoms with E-state index in [1.165, 1.54) is 12.7 Å². The van der Waals surface area contributed by atoms with Crippen LogP contribution in [0.25, 0.3) is 0 Å². The van der Waals surface area contributed by atoms with Gasteiger partial charge >= 0.3 is 5.97 Å². The standard InChI is InChI=1S/C8H9NO2S/c1-11-8(10)6-4-5-2-3-12-7(5)9-6/h2-3,6,9H,4H2,1H3. The Morgan fingerprint density at radius 2 is 2.67 bits per heavy atom. The molecule has 0 spiro atoms. The summed E-state index contributed by atoms with van der Waals surface area (Å²) in [4.78, 5) is 11.1. The van der Waals surface area contributed by atoms with E-state index in [-0.39, 0.29) is 12.0 Å². The summed E-state index contributed by atoms with van der Waals surface area (Å²) in [6, 6.07) is 1.87. The zero-order valence-electron chi connectivity index (χ0n) is 6.66. The van der Waals surface area contributed by atoms with Gasteiger partial charge in [-0.1, -0.05) is 0 Å². The van der Waals surface area contributed by atoms with Crippen LogP contribution in [0.4, 0.5) is 5.00 Å². The second kappa shape index (κ2) is 2.79. The summed E-state index contributed by atoms with van der Waals surface area (Å²) in [6.45, 7) is 0. The first-order valence-electron chi connectivity index (χ1n) is 3.72. The Balaban J connectivity index is 2.12.